The van der Waals surface area contributed by atoms with Gasteiger partial charge in [-0.05, 0) is 31.2 Å². The van der Waals surface area contributed by atoms with E-state index in [-0.39, 0.29) is 5.91 Å². The number of hydrogen-bond acceptors (Lipinski definition) is 5. The zero-order chi connectivity index (χ0) is 12.1. The van der Waals surface area contributed by atoms with Crippen LogP contribution >= 0.6 is 0 Å². The van der Waals surface area contributed by atoms with Crippen LogP contribution in [0.5, 0.6) is 0 Å². The van der Waals surface area contributed by atoms with Crippen molar-refractivity contribution in [3.8, 4) is 11.5 Å². The molecule has 0 atom stereocenters. The van der Waals surface area contributed by atoms with Gasteiger partial charge < -0.3 is 4.42 Å². The first-order valence-corrected chi connectivity index (χ1v) is 5.10. The van der Waals surface area contributed by atoms with Crippen molar-refractivity contribution in [2.24, 2.45) is 0 Å². The van der Waals surface area contributed by atoms with Gasteiger partial charge in [-0.15, -0.1) is 10.2 Å². The number of hydrogen-bond donors (Lipinski definition) is 1. The summed E-state index contributed by atoms with van der Waals surface area (Å²) in [5.41, 5.74) is 3.57. The molecule has 1 heterocycles. The standard InChI is InChI=1S/C11H11N3O3/c1-2-17-14-10(15)8-3-5-9(6-4-8)11-13-12-7-16-11/h3-7H,2H2,1H3,(H,14,15). The van der Waals surface area contributed by atoms with Crippen LogP contribution in [0.4, 0.5) is 0 Å². The lowest BCUT2D eigenvalue weighted by Gasteiger charge is -2.03. The van der Waals surface area contributed by atoms with Gasteiger partial charge in [0.1, 0.15) is 0 Å². The molecule has 6 heteroatoms. The quantitative estimate of drug-likeness (QED) is 0.808. The Morgan fingerprint density at radius 1 is 1.41 bits per heavy atom. The van der Waals surface area contributed by atoms with E-state index in [0.29, 0.717) is 18.1 Å². The molecule has 0 aliphatic rings. The zero-order valence-electron chi connectivity index (χ0n) is 9.21. The largest absolute Gasteiger partial charge is 0.423 e. The molecule has 0 saturated heterocycles. The molecule has 0 radical (unpaired) electrons. The Morgan fingerprint density at radius 2 is 2.18 bits per heavy atom. The second-order valence-corrected chi connectivity index (χ2v) is 3.19. The fraction of sp³-hybridized carbons (Fsp3) is 0.182. The molecule has 1 aromatic carbocycles. The molecule has 6 nitrogen and oxygen atoms in total. The molecule has 0 bridgehead atoms. The van der Waals surface area contributed by atoms with E-state index in [4.69, 9.17) is 9.25 Å². The summed E-state index contributed by atoms with van der Waals surface area (Å²) in [5.74, 6) is 0.130. The third-order valence-corrected chi connectivity index (χ3v) is 2.06. The van der Waals surface area contributed by atoms with Crippen molar-refractivity contribution in [3.63, 3.8) is 0 Å². The summed E-state index contributed by atoms with van der Waals surface area (Å²) in [6.07, 6.45) is 1.26. The summed E-state index contributed by atoms with van der Waals surface area (Å²) in [6.45, 7) is 2.21. The van der Waals surface area contributed by atoms with E-state index in [1.54, 1.807) is 31.2 Å². The number of nitrogens with zero attached hydrogens (tertiary/aromatic N) is 2. The van der Waals surface area contributed by atoms with E-state index >= 15 is 0 Å². The Hall–Kier alpha value is -2.21. The number of amides is 1. The second kappa shape index (κ2) is 5.22. The Kier molecular flexibility index (Phi) is 3.46. The van der Waals surface area contributed by atoms with Gasteiger partial charge in [0, 0.05) is 11.1 Å². The van der Waals surface area contributed by atoms with Gasteiger partial charge in [0.2, 0.25) is 12.3 Å². The Labute approximate surface area is 97.6 Å². The highest BCUT2D eigenvalue weighted by atomic mass is 16.6. The van der Waals surface area contributed by atoms with Crippen molar-refractivity contribution in [1.82, 2.24) is 15.7 Å². The molecule has 17 heavy (non-hydrogen) atoms. The maximum absolute atomic E-state index is 11.5. The van der Waals surface area contributed by atoms with Crippen molar-refractivity contribution in [1.29, 1.82) is 0 Å². The Morgan fingerprint density at radius 3 is 2.76 bits per heavy atom. The molecule has 0 spiro atoms. The van der Waals surface area contributed by atoms with Crippen LogP contribution in [0.1, 0.15) is 17.3 Å². The van der Waals surface area contributed by atoms with Crippen molar-refractivity contribution in [3.05, 3.63) is 36.2 Å². The second-order valence-electron chi connectivity index (χ2n) is 3.19. The van der Waals surface area contributed by atoms with E-state index < -0.39 is 0 Å². The number of benzene rings is 1. The highest BCUT2D eigenvalue weighted by molar-refractivity contribution is 5.93. The lowest BCUT2D eigenvalue weighted by Crippen LogP contribution is -2.23. The molecular weight excluding hydrogens is 222 g/mol. The number of aromatic nitrogens is 2. The Balaban J connectivity index is 2.10. The zero-order valence-corrected chi connectivity index (χ0v) is 9.21. The van der Waals surface area contributed by atoms with E-state index in [1.807, 2.05) is 0 Å². The summed E-state index contributed by atoms with van der Waals surface area (Å²) in [4.78, 5) is 16.3. The molecular formula is C11H11N3O3. The molecule has 2 aromatic rings. The van der Waals surface area contributed by atoms with Gasteiger partial charge in [0.15, 0.2) is 0 Å². The SMILES string of the molecule is CCONC(=O)c1ccc(-c2nnco2)cc1. The molecule has 1 N–H and O–H groups in total. The van der Waals surface area contributed by atoms with Crippen molar-refractivity contribution in [2.75, 3.05) is 6.61 Å². The average Bonchev–Trinajstić information content (AvgIpc) is 2.90. The molecule has 1 amide bonds. The molecule has 0 unspecified atom stereocenters. The smallest absolute Gasteiger partial charge is 0.274 e. The van der Waals surface area contributed by atoms with E-state index in [2.05, 4.69) is 15.7 Å². The lowest BCUT2D eigenvalue weighted by atomic mass is 10.1. The van der Waals surface area contributed by atoms with Gasteiger partial charge in [-0.25, -0.2) is 5.48 Å². The lowest BCUT2D eigenvalue weighted by molar-refractivity contribution is 0.0364. The first kappa shape index (κ1) is 11.3. The monoisotopic (exact) mass is 233 g/mol. The molecule has 0 aliphatic heterocycles. The van der Waals surface area contributed by atoms with E-state index in [9.17, 15) is 4.79 Å². The molecule has 2 rings (SSSR count). The minimum absolute atomic E-state index is 0.288. The van der Waals surface area contributed by atoms with Gasteiger partial charge >= 0.3 is 0 Å². The van der Waals surface area contributed by atoms with Crippen LogP contribution in [0, 0.1) is 0 Å². The van der Waals surface area contributed by atoms with E-state index in [1.165, 1.54) is 6.39 Å². The molecule has 88 valence electrons. The first-order chi connectivity index (χ1) is 8.31. The summed E-state index contributed by atoms with van der Waals surface area (Å²) >= 11 is 0. The summed E-state index contributed by atoms with van der Waals surface area (Å²) < 4.78 is 5.04. The van der Waals surface area contributed by atoms with Crippen molar-refractivity contribution in [2.45, 2.75) is 6.92 Å². The maximum Gasteiger partial charge on any atom is 0.274 e. The van der Waals surface area contributed by atoms with Gasteiger partial charge in [0.25, 0.3) is 5.91 Å². The van der Waals surface area contributed by atoms with Crippen molar-refractivity contribution >= 4 is 5.91 Å². The number of carbonyl (C=O) groups is 1. The molecule has 0 aliphatic carbocycles. The van der Waals surface area contributed by atoms with Gasteiger partial charge in [-0.2, -0.15) is 0 Å². The van der Waals surface area contributed by atoms with E-state index in [0.717, 1.165) is 5.56 Å². The van der Waals surface area contributed by atoms with Crippen LogP contribution in [0.2, 0.25) is 0 Å². The third-order valence-electron chi connectivity index (χ3n) is 2.06. The fourth-order valence-corrected chi connectivity index (χ4v) is 1.26. The highest BCUT2D eigenvalue weighted by Crippen LogP contribution is 2.16. The summed E-state index contributed by atoms with van der Waals surface area (Å²) in [6, 6.07) is 6.78. The van der Waals surface area contributed by atoms with Crippen LogP contribution in [-0.2, 0) is 4.84 Å². The minimum atomic E-state index is -0.288. The van der Waals surface area contributed by atoms with Crippen molar-refractivity contribution < 1.29 is 14.0 Å². The fourth-order valence-electron chi connectivity index (χ4n) is 1.26. The van der Waals surface area contributed by atoms with Crippen LogP contribution in [0.15, 0.2) is 35.1 Å². The predicted molar refractivity (Wildman–Crippen MR) is 58.8 cm³/mol. The van der Waals surface area contributed by atoms with Crippen LogP contribution in [0.3, 0.4) is 0 Å². The summed E-state index contributed by atoms with van der Waals surface area (Å²) in [7, 11) is 0. The minimum Gasteiger partial charge on any atom is -0.423 e. The number of rotatable bonds is 4. The van der Waals surface area contributed by atoms with Gasteiger partial charge in [-0.1, -0.05) is 0 Å². The number of nitrogens with one attached hydrogen (secondary N) is 1. The summed E-state index contributed by atoms with van der Waals surface area (Å²) in [5, 5.41) is 7.35. The topological polar surface area (TPSA) is 77.2 Å². The van der Waals surface area contributed by atoms with Gasteiger partial charge in [0.05, 0.1) is 6.61 Å². The average molecular weight is 233 g/mol. The number of carbonyl (C=O) groups excluding carboxylic acids is 1. The highest BCUT2D eigenvalue weighted by Gasteiger charge is 2.07. The molecule has 1 aromatic heterocycles. The number of hydroxylamine groups is 1. The first-order valence-electron chi connectivity index (χ1n) is 5.10. The Bertz CT molecular complexity index is 479. The predicted octanol–water partition coefficient (Wildman–Crippen LogP) is 1.42. The molecule has 0 fully saturated rings. The van der Waals surface area contributed by atoms with Crippen LogP contribution in [0.25, 0.3) is 11.5 Å². The van der Waals surface area contributed by atoms with Gasteiger partial charge in [-0.3, -0.25) is 9.63 Å². The van der Waals surface area contributed by atoms with Crippen LogP contribution < -0.4 is 5.48 Å². The maximum atomic E-state index is 11.5. The third kappa shape index (κ3) is 2.67. The normalized spacial score (nSPS) is 10.2. The molecule has 0 saturated carbocycles. The van der Waals surface area contributed by atoms with Crippen LogP contribution in [-0.4, -0.2) is 22.7 Å².